The predicted octanol–water partition coefficient (Wildman–Crippen LogP) is 3.21. The number of benzene rings is 1. The van der Waals surface area contributed by atoms with E-state index in [-0.39, 0.29) is 18.5 Å². The van der Waals surface area contributed by atoms with Gasteiger partial charge >= 0.3 is 0 Å². The molecule has 3 aliphatic rings. The Morgan fingerprint density at radius 1 is 1.12 bits per heavy atom. The van der Waals surface area contributed by atoms with Crippen LogP contribution in [0.15, 0.2) is 12.1 Å². The Labute approximate surface area is 153 Å². The SMILES string of the molecule is CC(=O)c1cc2c(cc1NC(=O)CN1CCC[C@@H]3CCCC[C@@H]31)OCO2. The Morgan fingerprint density at radius 2 is 1.85 bits per heavy atom. The molecule has 0 bridgehead atoms. The van der Waals surface area contributed by atoms with Crippen LogP contribution < -0.4 is 14.8 Å². The number of fused-ring (bicyclic) bond motifs is 2. The Bertz CT molecular complexity index is 716. The van der Waals surface area contributed by atoms with Gasteiger partial charge in [-0.05, 0) is 51.1 Å². The van der Waals surface area contributed by atoms with Crippen LogP contribution >= 0.6 is 0 Å². The van der Waals surface area contributed by atoms with E-state index < -0.39 is 0 Å². The fraction of sp³-hybridized carbons (Fsp3) is 0.600. The number of carbonyl (C=O) groups is 2. The second-order valence-electron chi connectivity index (χ2n) is 7.58. The van der Waals surface area contributed by atoms with Crippen LogP contribution in [0.2, 0.25) is 0 Å². The Kier molecular flexibility index (Phi) is 4.85. The molecule has 1 saturated heterocycles. The van der Waals surface area contributed by atoms with E-state index in [1.807, 2.05) is 0 Å². The second-order valence-corrected chi connectivity index (χ2v) is 7.58. The number of Topliss-reactive ketones (excluding diaryl/α,β-unsaturated/α-hetero) is 1. The maximum Gasteiger partial charge on any atom is 0.238 e. The first kappa shape index (κ1) is 17.3. The third kappa shape index (κ3) is 3.43. The summed E-state index contributed by atoms with van der Waals surface area (Å²) in [4.78, 5) is 27.0. The molecule has 2 atom stereocenters. The average molecular weight is 358 g/mol. The molecule has 0 spiro atoms. The van der Waals surface area contributed by atoms with Gasteiger partial charge in [0.1, 0.15) is 0 Å². The molecule has 1 saturated carbocycles. The molecule has 6 nitrogen and oxygen atoms in total. The van der Waals surface area contributed by atoms with E-state index in [0.717, 1.165) is 18.9 Å². The number of nitrogens with zero attached hydrogens (tertiary/aromatic N) is 1. The highest BCUT2D eigenvalue weighted by Gasteiger charge is 2.34. The van der Waals surface area contributed by atoms with E-state index in [2.05, 4.69) is 10.2 Å². The summed E-state index contributed by atoms with van der Waals surface area (Å²) in [5.41, 5.74) is 0.959. The van der Waals surface area contributed by atoms with Crippen LogP contribution in [0.25, 0.3) is 0 Å². The number of amides is 1. The molecule has 1 aromatic rings. The van der Waals surface area contributed by atoms with Crippen molar-refractivity contribution in [3.8, 4) is 11.5 Å². The Balaban J connectivity index is 1.47. The van der Waals surface area contributed by atoms with Crippen LogP contribution in [0.3, 0.4) is 0 Å². The van der Waals surface area contributed by atoms with Gasteiger partial charge in [-0.25, -0.2) is 0 Å². The second kappa shape index (κ2) is 7.27. The summed E-state index contributed by atoms with van der Waals surface area (Å²) >= 11 is 0. The molecule has 0 radical (unpaired) electrons. The van der Waals surface area contributed by atoms with Gasteiger partial charge in [0.15, 0.2) is 17.3 Å². The van der Waals surface area contributed by atoms with Crippen LogP contribution in [-0.2, 0) is 4.79 Å². The highest BCUT2D eigenvalue weighted by atomic mass is 16.7. The molecular weight excluding hydrogens is 332 g/mol. The van der Waals surface area contributed by atoms with E-state index in [4.69, 9.17) is 9.47 Å². The number of ketones is 1. The first-order valence-electron chi connectivity index (χ1n) is 9.60. The number of ether oxygens (including phenoxy) is 2. The van der Waals surface area contributed by atoms with Crippen molar-refractivity contribution in [1.82, 2.24) is 4.90 Å². The monoisotopic (exact) mass is 358 g/mol. The van der Waals surface area contributed by atoms with Gasteiger partial charge in [-0.2, -0.15) is 0 Å². The molecule has 1 aliphatic carbocycles. The van der Waals surface area contributed by atoms with Gasteiger partial charge < -0.3 is 14.8 Å². The highest BCUT2D eigenvalue weighted by Crippen LogP contribution is 2.38. The predicted molar refractivity (Wildman–Crippen MR) is 97.8 cm³/mol. The summed E-state index contributed by atoms with van der Waals surface area (Å²) in [5.74, 6) is 1.68. The molecule has 2 fully saturated rings. The fourth-order valence-corrected chi connectivity index (χ4v) is 4.64. The lowest BCUT2D eigenvalue weighted by Gasteiger charge is -2.43. The summed E-state index contributed by atoms with van der Waals surface area (Å²) < 4.78 is 10.7. The van der Waals surface area contributed by atoms with Crippen molar-refractivity contribution in [2.75, 3.05) is 25.2 Å². The Hall–Kier alpha value is -2.08. The zero-order chi connectivity index (χ0) is 18.1. The van der Waals surface area contributed by atoms with Gasteiger partial charge in [0.25, 0.3) is 0 Å². The van der Waals surface area contributed by atoms with E-state index >= 15 is 0 Å². The zero-order valence-corrected chi connectivity index (χ0v) is 15.3. The summed E-state index contributed by atoms with van der Waals surface area (Å²) in [5, 5.41) is 2.93. The van der Waals surface area contributed by atoms with Crippen molar-refractivity contribution in [3.63, 3.8) is 0 Å². The van der Waals surface area contributed by atoms with E-state index in [0.29, 0.717) is 35.3 Å². The summed E-state index contributed by atoms with van der Waals surface area (Å²) in [6, 6.07) is 3.88. The number of likely N-dealkylation sites (tertiary alicyclic amines) is 1. The van der Waals surface area contributed by atoms with Gasteiger partial charge in [-0.1, -0.05) is 12.8 Å². The molecule has 26 heavy (non-hydrogen) atoms. The molecular formula is C20H26N2O4. The zero-order valence-electron chi connectivity index (χ0n) is 15.3. The maximum atomic E-state index is 12.7. The minimum absolute atomic E-state index is 0.0717. The van der Waals surface area contributed by atoms with Gasteiger partial charge in [-0.15, -0.1) is 0 Å². The lowest BCUT2D eigenvalue weighted by Crippen LogP contribution is -2.49. The third-order valence-electron chi connectivity index (χ3n) is 5.87. The fourth-order valence-electron chi connectivity index (χ4n) is 4.64. The first-order valence-corrected chi connectivity index (χ1v) is 9.60. The Morgan fingerprint density at radius 3 is 2.65 bits per heavy atom. The van der Waals surface area contributed by atoms with Crippen molar-refractivity contribution in [3.05, 3.63) is 17.7 Å². The lowest BCUT2D eigenvalue weighted by molar-refractivity contribution is -0.118. The summed E-state index contributed by atoms with van der Waals surface area (Å²) in [7, 11) is 0. The molecule has 6 heteroatoms. The van der Waals surface area contributed by atoms with Gasteiger partial charge in [0.2, 0.25) is 12.7 Å². The molecule has 2 aliphatic heterocycles. The van der Waals surface area contributed by atoms with Crippen molar-refractivity contribution >= 4 is 17.4 Å². The van der Waals surface area contributed by atoms with Gasteiger partial charge in [0.05, 0.1) is 12.2 Å². The van der Waals surface area contributed by atoms with Crippen LogP contribution in [0.4, 0.5) is 5.69 Å². The molecule has 2 heterocycles. The van der Waals surface area contributed by atoms with Gasteiger partial charge in [0, 0.05) is 17.7 Å². The largest absolute Gasteiger partial charge is 0.454 e. The standard InChI is InChI=1S/C20H26N2O4/c1-13(23)15-9-18-19(26-12-25-18)10-16(15)21-20(24)11-22-8-4-6-14-5-2-3-7-17(14)22/h9-10,14,17H,2-8,11-12H2,1H3,(H,21,24)/t14-,17-/m0/s1. The first-order chi connectivity index (χ1) is 12.6. The normalized spacial score (nSPS) is 24.8. The maximum absolute atomic E-state index is 12.7. The number of hydrogen-bond acceptors (Lipinski definition) is 5. The minimum atomic E-state index is -0.107. The van der Waals surface area contributed by atoms with Crippen LogP contribution in [0, 0.1) is 5.92 Å². The molecule has 140 valence electrons. The minimum Gasteiger partial charge on any atom is -0.454 e. The number of nitrogens with one attached hydrogen (secondary N) is 1. The van der Waals surface area contributed by atoms with E-state index in [1.165, 1.54) is 39.0 Å². The van der Waals surface area contributed by atoms with E-state index in [1.54, 1.807) is 12.1 Å². The van der Waals surface area contributed by atoms with Crippen molar-refractivity contribution in [2.45, 2.75) is 51.5 Å². The topological polar surface area (TPSA) is 67.9 Å². The third-order valence-corrected chi connectivity index (χ3v) is 5.87. The summed E-state index contributed by atoms with van der Waals surface area (Å²) in [6.45, 7) is 2.99. The molecule has 1 aromatic carbocycles. The number of hydrogen-bond donors (Lipinski definition) is 1. The van der Waals surface area contributed by atoms with Crippen molar-refractivity contribution < 1.29 is 19.1 Å². The number of carbonyl (C=O) groups excluding carboxylic acids is 2. The van der Waals surface area contributed by atoms with Crippen LogP contribution in [0.5, 0.6) is 11.5 Å². The molecule has 4 rings (SSSR count). The number of piperidine rings is 1. The molecule has 0 unspecified atom stereocenters. The number of rotatable bonds is 4. The quantitative estimate of drug-likeness (QED) is 0.837. The van der Waals surface area contributed by atoms with Crippen LogP contribution in [0.1, 0.15) is 55.8 Å². The van der Waals surface area contributed by atoms with E-state index in [9.17, 15) is 9.59 Å². The van der Waals surface area contributed by atoms with Crippen molar-refractivity contribution in [1.29, 1.82) is 0 Å². The molecule has 1 N–H and O–H groups in total. The number of anilines is 1. The lowest BCUT2D eigenvalue weighted by atomic mass is 9.78. The van der Waals surface area contributed by atoms with Crippen molar-refractivity contribution in [2.24, 2.45) is 5.92 Å². The summed E-state index contributed by atoms with van der Waals surface area (Å²) in [6.07, 6.45) is 7.52. The average Bonchev–Trinajstić information content (AvgIpc) is 3.08. The highest BCUT2D eigenvalue weighted by molar-refractivity contribution is 6.05. The molecule has 0 aromatic heterocycles. The van der Waals surface area contributed by atoms with Crippen LogP contribution in [-0.4, -0.2) is 42.5 Å². The smallest absolute Gasteiger partial charge is 0.238 e. The molecule has 1 amide bonds. The van der Waals surface area contributed by atoms with Gasteiger partial charge in [-0.3, -0.25) is 14.5 Å².